The fourth-order valence-corrected chi connectivity index (χ4v) is 2.48. The molecule has 5 heteroatoms. The van der Waals surface area contributed by atoms with E-state index in [-0.39, 0.29) is 5.91 Å². The molecule has 0 spiro atoms. The molecule has 0 saturated heterocycles. The Bertz CT molecular complexity index is 852. The molecular formula is C17H17N3O2. The molecule has 0 fully saturated rings. The van der Waals surface area contributed by atoms with Gasteiger partial charge in [0.05, 0.1) is 18.3 Å². The monoisotopic (exact) mass is 295 g/mol. The summed E-state index contributed by atoms with van der Waals surface area (Å²) in [6.07, 6.45) is 0. The van der Waals surface area contributed by atoms with Crippen molar-refractivity contribution in [1.82, 2.24) is 9.78 Å². The van der Waals surface area contributed by atoms with E-state index in [0.29, 0.717) is 17.1 Å². The zero-order valence-corrected chi connectivity index (χ0v) is 12.8. The largest absolute Gasteiger partial charge is 0.495 e. The molecule has 3 rings (SSSR count). The second-order valence-corrected chi connectivity index (χ2v) is 5.15. The van der Waals surface area contributed by atoms with E-state index >= 15 is 0 Å². The molecule has 0 aliphatic heterocycles. The Morgan fingerprint density at radius 3 is 2.77 bits per heavy atom. The van der Waals surface area contributed by atoms with Gasteiger partial charge in [-0.3, -0.25) is 9.48 Å². The van der Waals surface area contributed by atoms with Crippen LogP contribution in [0.3, 0.4) is 0 Å². The average molecular weight is 295 g/mol. The molecule has 0 radical (unpaired) electrons. The predicted octanol–water partition coefficient (Wildman–Crippen LogP) is 3.14. The van der Waals surface area contributed by atoms with Gasteiger partial charge in [0.15, 0.2) is 5.69 Å². The zero-order valence-electron chi connectivity index (χ0n) is 12.8. The lowest BCUT2D eigenvalue weighted by Crippen LogP contribution is -2.14. The Morgan fingerprint density at radius 2 is 2.00 bits per heavy atom. The van der Waals surface area contributed by atoms with Gasteiger partial charge < -0.3 is 10.1 Å². The third-order valence-corrected chi connectivity index (χ3v) is 3.58. The van der Waals surface area contributed by atoms with E-state index in [1.807, 2.05) is 56.4 Å². The number of fused-ring (bicyclic) bond motifs is 1. The second-order valence-electron chi connectivity index (χ2n) is 5.15. The fourth-order valence-electron chi connectivity index (χ4n) is 2.48. The number of carbonyl (C=O) groups excluding carboxylic acids is 1. The molecule has 0 atom stereocenters. The summed E-state index contributed by atoms with van der Waals surface area (Å²) in [5.74, 6) is 0.375. The van der Waals surface area contributed by atoms with Crippen LogP contribution >= 0.6 is 0 Å². The number of hydrogen-bond acceptors (Lipinski definition) is 3. The number of anilines is 1. The molecule has 0 saturated carbocycles. The molecule has 0 aliphatic carbocycles. The van der Waals surface area contributed by atoms with Crippen molar-refractivity contribution in [3.8, 4) is 5.75 Å². The van der Waals surface area contributed by atoms with Crippen molar-refractivity contribution in [1.29, 1.82) is 0 Å². The van der Waals surface area contributed by atoms with Gasteiger partial charge in [-0.1, -0.05) is 24.3 Å². The minimum Gasteiger partial charge on any atom is -0.495 e. The molecule has 1 aromatic heterocycles. The minimum absolute atomic E-state index is 0.249. The number of nitrogens with zero attached hydrogens (tertiary/aromatic N) is 2. The first-order chi connectivity index (χ1) is 10.6. The van der Waals surface area contributed by atoms with E-state index in [4.69, 9.17) is 4.74 Å². The number of aryl methyl sites for hydroxylation is 2. The predicted molar refractivity (Wildman–Crippen MR) is 86.4 cm³/mol. The summed E-state index contributed by atoms with van der Waals surface area (Å²) in [4.78, 5) is 12.6. The van der Waals surface area contributed by atoms with Crippen LogP contribution in [0.5, 0.6) is 5.75 Å². The lowest BCUT2D eigenvalue weighted by molar-refractivity contribution is 0.102. The molecular weight excluding hydrogens is 278 g/mol. The van der Waals surface area contributed by atoms with Gasteiger partial charge in [0.2, 0.25) is 0 Å². The summed E-state index contributed by atoms with van der Waals surface area (Å²) >= 11 is 0. The Hall–Kier alpha value is -2.82. The Morgan fingerprint density at radius 1 is 1.23 bits per heavy atom. The van der Waals surface area contributed by atoms with Crippen molar-refractivity contribution in [2.45, 2.75) is 6.92 Å². The third-order valence-electron chi connectivity index (χ3n) is 3.58. The normalized spacial score (nSPS) is 10.7. The highest BCUT2D eigenvalue weighted by atomic mass is 16.5. The van der Waals surface area contributed by atoms with Crippen LogP contribution in [0.25, 0.3) is 10.9 Å². The van der Waals surface area contributed by atoms with Crippen LogP contribution in [0.1, 0.15) is 16.1 Å². The van der Waals surface area contributed by atoms with E-state index < -0.39 is 0 Å². The van der Waals surface area contributed by atoms with Gasteiger partial charge in [-0.15, -0.1) is 0 Å². The lowest BCUT2D eigenvalue weighted by atomic mass is 10.2. The maximum atomic E-state index is 12.6. The first kappa shape index (κ1) is 14.1. The van der Waals surface area contributed by atoms with Crippen LogP contribution in [-0.2, 0) is 7.05 Å². The van der Waals surface area contributed by atoms with Crippen LogP contribution in [0.4, 0.5) is 5.69 Å². The Kier molecular flexibility index (Phi) is 3.55. The number of nitrogens with one attached hydrogen (secondary N) is 1. The summed E-state index contributed by atoms with van der Waals surface area (Å²) in [7, 11) is 3.41. The maximum Gasteiger partial charge on any atom is 0.276 e. The molecule has 1 amide bonds. The molecule has 22 heavy (non-hydrogen) atoms. The van der Waals surface area contributed by atoms with Crippen LogP contribution < -0.4 is 10.1 Å². The van der Waals surface area contributed by atoms with Gasteiger partial charge in [0.25, 0.3) is 5.91 Å². The van der Waals surface area contributed by atoms with Crippen molar-refractivity contribution in [2.75, 3.05) is 12.4 Å². The van der Waals surface area contributed by atoms with Crippen LogP contribution in [0.2, 0.25) is 0 Å². The van der Waals surface area contributed by atoms with Crippen molar-refractivity contribution in [3.05, 3.63) is 53.7 Å². The molecule has 1 heterocycles. The van der Waals surface area contributed by atoms with E-state index in [1.54, 1.807) is 11.8 Å². The van der Waals surface area contributed by atoms with Crippen molar-refractivity contribution in [3.63, 3.8) is 0 Å². The molecule has 112 valence electrons. The summed E-state index contributed by atoms with van der Waals surface area (Å²) in [6, 6.07) is 13.3. The van der Waals surface area contributed by atoms with Crippen molar-refractivity contribution < 1.29 is 9.53 Å². The van der Waals surface area contributed by atoms with Gasteiger partial charge in [-0.05, 0) is 30.7 Å². The van der Waals surface area contributed by atoms with Crippen LogP contribution in [0, 0.1) is 6.92 Å². The number of ether oxygens (including phenoxy) is 1. The maximum absolute atomic E-state index is 12.6. The van der Waals surface area contributed by atoms with Gasteiger partial charge in [0, 0.05) is 12.4 Å². The van der Waals surface area contributed by atoms with Gasteiger partial charge in [-0.25, -0.2) is 0 Å². The summed E-state index contributed by atoms with van der Waals surface area (Å²) in [5.41, 5.74) is 3.01. The van der Waals surface area contributed by atoms with E-state index in [0.717, 1.165) is 16.5 Å². The quantitative estimate of drug-likeness (QED) is 0.807. The molecule has 1 N–H and O–H groups in total. The number of amides is 1. The number of carbonyl (C=O) groups is 1. The number of benzene rings is 2. The standard InChI is InChI=1S/C17H17N3O2/c1-11-8-9-15(22-3)13(10-11)18-17(21)16-12-6-4-5-7-14(12)20(2)19-16/h4-10H,1-3H3,(H,18,21). The van der Waals surface area contributed by atoms with Gasteiger partial charge in [0.1, 0.15) is 5.75 Å². The second kappa shape index (κ2) is 5.52. The number of methoxy groups -OCH3 is 1. The topological polar surface area (TPSA) is 56.1 Å². The summed E-state index contributed by atoms with van der Waals surface area (Å²) < 4.78 is 7.00. The molecule has 5 nitrogen and oxygen atoms in total. The summed E-state index contributed by atoms with van der Waals surface area (Å²) in [6.45, 7) is 1.96. The number of para-hydroxylation sites is 1. The van der Waals surface area contributed by atoms with Crippen molar-refractivity contribution >= 4 is 22.5 Å². The lowest BCUT2D eigenvalue weighted by Gasteiger charge is -2.10. The van der Waals surface area contributed by atoms with Gasteiger partial charge >= 0.3 is 0 Å². The van der Waals surface area contributed by atoms with E-state index in [2.05, 4.69) is 10.4 Å². The number of hydrogen-bond donors (Lipinski definition) is 1. The highest BCUT2D eigenvalue weighted by molar-refractivity contribution is 6.11. The summed E-state index contributed by atoms with van der Waals surface area (Å²) in [5, 5.41) is 8.04. The first-order valence-electron chi connectivity index (χ1n) is 6.98. The van der Waals surface area contributed by atoms with Crippen LogP contribution in [-0.4, -0.2) is 22.8 Å². The molecule has 0 unspecified atom stereocenters. The van der Waals surface area contributed by atoms with Gasteiger partial charge in [-0.2, -0.15) is 5.10 Å². The SMILES string of the molecule is COc1ccc(C)cc1NC(=O)c1nn(C)c2ccccc12. The smallest absolute Gasteiger partial charge is 0.276 e. The number of rotatable bonds is 3. The number of aromatic nitrogens is 2. The Labute approximate surface area is 128 Å². The van der Waals surface area contributed by atoms with Crippen molar-refractivity contribution in [2.24, 2.45) is 7.05 Å². The first-order valence-corrected chi connectivity index (χ1v) is 6.98. The highest BCUT2D eigenvalue weighted by Crippen LogP contribution is 2.26. The van der Waals surface area contributed by atoms with E-state index in [1.165, 1.54) is 0 Å². The third kappa shape index (κ3) is 2.41. The molecule has 0 bridgehead atoms. The molecule has 2 aromatic carbocycles. The van der Waals surface area contributed by atoms with Crippen LogP contribution in [0.15, 0.2) is 42.5 Å². The molecule has 0 aliphatic rings. The minimum atomic E-state index is -0.249. The zero-order chi connectivity index (χ0) is 15.7. The average Bonchev–Trinajstić information content (AvgIpc) is 2.85. The van der Waals surface area contributed by atoms with E-state index in [9.17, 15) is 4.79 Å². The fraction of sp³-hybridized carbons (Fsp3) is 0.176. The Balaban J connectivity index is 1.99. The highest BCUT2D eigenvalue weighted by Gasteiger charge is 2.17. The molecule has 3 aromatic rings.